The number of Topliss-reactive ketones (excluding diaryl/α,β-unsaturated/α-hetero) is 1. The van der Waals surface area contributed by atoms with E-state index in [0.29, 0.717) is 23.5 Å². The minimum atomic E-state index is -0.979. The number of carboxylic acid groups (broad SMARTS) is 1. The molecule has 0 aliphatic heterocycles. The molecule has 0 bridgehead atoms. The van der Waals surface area contributed by atoms with E-state index in [-0.39, 0.29) is 12.2 Å². The lowest BCUT2D eigenvalue weighted by Crippen LogP contribution is -2.07. The highest BCUT2D eigenvalue weighted by atomic mass is 79.9. The van der Waals surface area contributed by atoms with Crippen LogP contribution in [-0.4, -0.2) is 16.9 Å². The van der Waals surface area contributed by atoms with Gasteiger partial charge in [0.25, 0.3) is 0 Å². The summed E-state index contributed by atoms with van der Waals surface area (Å²) in [5, 5.41) is 8.94. The molecule has 0 unspecified atom stereocenters. The van der Waals surface area contributed by atoms with Crippen LogP contribution in [0, 0.1) is 0 Å². The molecule has 1 N–H and O–H groups in total. The van der Waals surface area contributed by atoms with Crippen LogP contribution in [-0.2, 0) is 17.8 Å². The van der Waals surface area contributed by atoms with Crippen molar-refractivity contribution in [2.24, 2.45) is 0 Å². The highest BCUT2D eigenvalue weighted by Crippen LogP contribution is 2.21. The first kappa shape index (κ1) is 16.2. The van der Waals surface area contributed by atoms with Gasteiger partial charge < -0.3 is 9.84 Å². The van der Waals surface area contributed by atoms with Gasteiger partial charge >= 0.3 is 5.97 Å². The van der Waals surface area contributed by atoms with Crippen LogP contribution in [0.15, 0.2) is 46.9 Å². The van der Waals surface area contributed by atoms with Gasteiger partial charge in [0.2, 0.25) is 0 Å². The standard InChI is InChI=1S/C17H15BrO4/c1-11(19)16-7-6-15(8-13(16)9-17(20)21)22-10-12-2-4-14(18)5-3-12/h2-8H,9-10H2,1H3,(H,20,21). The molecule has 114 valence electrons. The third-order valence-electron chi connectivity index (χ3n) is 3.12. The van der Waals surface area contributed by atoms with Crippen LogP contribution in [0.4, 0.5) is 0 Å². The average Bonchev–Trinajstić information content (AvgIpc) is 2.46. The second-order valence-electron chi connectivity index (χ2n) is 4.86. The molecule has 0 saturated heterocycles. The first-order valence-corrected chi connectivity index (χ1v) is 7.48. The SMILES string of the molecule is CC(=O)c1ccc(OCc2ccc(Br)cc2)cc1CC(=O)O. The first-order chi connectivity index (χ1) is 10.5. The predicted octanol–water partition coefficient (Wildman–Crippen LogP) is 3.86. The fourth-order valence-corrected chi connectivity index (χ4v) is 2.32. The molecule has 0 radical (unpaired) electrons. The summed E-state index contributed by atoms with van der Waals surface area (Å²) in [5.74, 6) is -0.590. The molecule has 0 spiro atoms. The Kier molecular flexibility index (Phi) is 5.33. The minimum Gasteiger partial charge on any atom is -0.489 e. The van der Waals surface area contributed by atoms with Gasteiger partial charge in [0.05, 0.1) is 6.42 Å². The second kappa shape index (κ2) is 7.22. The number of benzene rings is 2. The van der Waals surface area contributed by atoms with E-state index in [1.807, 2.05) is 24.3 Å². The zero-order chi connectivity index (χ0) is 16.1. The van der Waals surface area contributed by atoms with Gasteiger partial charge in [-0.25, -0.2) is 0 Å². The fraction of sp³-hybridized carbons (Fsp3) is 0.176. The van der Waals surface area contributed by atoms with Gasteiger partial charge in [0.1, 0.15) is 12.4 Å². The quantitative estimate of drug-likeness (QED) is 0.792. The molecule has 0 heterocycles. The summed E-state index contributed by atoms with van der Waals surface area (Å²) in [4.78, 5) is 22.4. The van der Waals surface area contributed by atoms with Gasteiger partial charge in [-0.05, 0) is 48.4 Å². The van der Waals surface area contributed by atoms with Crippen molar-refractivity contribution in [1.82, 2.24) is 0 Å². The van der Waals surface area contributed by atoms with E-state index >= 15 is 0 Å². The fourth-order valence-electron chi connectivity index (χ4n) is 2.06. The van der Waals surface area contributed by atoms with E-state index in [1.54, 1.807) is 18.2 Å². The van der Waals surface area contributed by atoms with Crippen molar-refractivity contribution in [3.8, 4) is 5.75 Å². The van der Waals surface area contributed by atoms with E-state index in [2.05, 4.69) is 15.9 Å². The first-order valence-electron chi connectivity index (χ1n) is 6.68. The molecule has 0 atom stereocenters. The summed E-state index contributed by atoms with van der Waals surface area (Å²) in [6.45, 7) is 1.79. The summed E-state index contributed by atoms with van der Waals surface area (Å²) in [7, 11) is 0. The zero-order valence-electron chi connectivity index (χ0n) is 12.0. The number of hydrogen-bond acceptors (Lipinski definition) is 3. The van der Waals surface area contributed by atoms with Crippen molar-refractivity contribution in [3.63, 3.8) is 0 Å². The molecule has 0 aromatic heterocycles. The number of aliphatic carboxylic acids is 1. The van der Waals surface area contributed by atoms with Crippen LogP contribution in [0.1, 0.15) is 28.4 Å². The van der Waals surface area contributed by atoms with Crippen molar-refractivity contribution < 1.29 is 19.4 Å². The maximum absolute atomic E-state index is 11.5. The lowest BCUT2D eigenvalue weighted by molar-refractivity contribution is -0.136. The molecule has 22 heavy (non-hydrogen) atoms. The van der Waals surface area contributed by atoms with Crippen LogP contribution in [0.5, 0.6) is 5.75 Å². The number of ether oxygens (including phenoxy) is 1. The molecule has 0 aliphatic carbocycles. The van der Waals surface area contributed by atoms with Crippen LogP contribution in [0.2, 0.25) is 0 Å². The van der Waals surface area contributed by atoms with Gasteiger partial charge in [0.15, 0.2) is 5.78 Å². The molecule has 0 saturated carbocycles. The Bertz CT molecular complexity index is 692. The van der Waals surface area contributed by atoms with E-state index in [9.17, 15) is 9.59 Å². The lowest BCUT2D eigenvalue weighted by Gasteiger charge is -2.10. The Hall–Kier alpha value is -2.14. The Morgan fingerprint density at radius 1 is 1.14 bits per heavy atom. The lowest BCUT2D eigenvalue weighted by atomic mass is 10.0. The van der Waals surface area contributed by atoms with E-state index in [1.165, 1.54) is 6.92 Å². The molecular formula is C17H15BrO4. The summed E-state index contributed by atoms with van der Waals surface area (Å²) in [6.07, 6.45) is -0.204. The number of carbonyl (C=O) groups excluding carboxylic acids is 1. The number of carboxylic acids is 1. The Balaban J connectivity index is 2.15. The topological polar surface area (TPSA) is 63.6 Å². The molecule has 5 heteroatoms. The monoisotopic (exact) mass is 362 g/mol. The van der Waals surface area contributed by atoms with E-state index in [4.69, 9.17) is 9.84 Å². The molecule has 0 fully saturated rings. The summed E-state index contributed by atoms with van der Waals surface area (Å²) in [6, 6.07) is 12.6. The van der Waals surface area contributed by atoms with Crippen molar-refractivity contribution in [2.45, 2.75) is 20.0 Å². The molecule has 2 aromatic carbocycles. The third-order valence-corrected chi connectivity index (χ3v) is 3.65. The maximum Gasteiger partial charge on any atom is 0.307 e. The Morgan fingerprint density at radius 3 is 2.41 bits per heavy atom. The number of carbonyl (C=O) groups is 2. The van der Waals surface area contributed by atoms with Gasteiger partial charge in [-0.1, -0.05) is 28.1 Å². The van der Waals surface area contributed by atoms with E-state index in [0.717, 1.165) is 10.0 Å². The number of halogens is 1. The Labute approximate surface area is 136 Å². The third kappa shape index (κ3) is 4.43. The van der Waals surface area contributed by atoms with Gasteiger partial charge in [-0.3, -0.25) is 9.59 Å². The predicted molar refractivity (Wildman–Crippen MR) is 86.3 cm³/mol. The van der Waals surface area contributed by atoms with Gasteiger partial charge in [-0.15, -0.1) is 0 Å². The Morgan fingerprint density at radius 2 is 1.82 bits per heavy atom. The minimum absolute atomic E-state index is 0.157. The van der Waals surface area contributed by atoms with Crippen LogP contribution in [0.25, 0.3) is 0 Å². The summed E-state index contributed by atoms with van der Waals surface area (Å²) < 4.78 is 6.66. The molecular weight excluding hydrogens is 348 g/mol. The molecule has 2 rings (SSSR count). The molecule has 0 amide bonds. The van der Waals surface area contributed by atoms with Crippen LogP contribution < -0.4 is 4.74 Å². The number of hydrogen-bond donors (Lipinski definition) is 1. The average molecular weight is 363 g/mol. The molecule has 0 aliphatic rings. The van der Waals surface area contributed by atoms with Crippen LogP contribution in [0.3, 0.4) is 0 Å². The smallest absolute Gasteiger partial charge is 0.307 e. The maximum atomic E-state index is 11.5. The van der Waals surface area contributed by atoms with Crippen molar-refractivity contribution >= 4 is 27.7 Å². The molecule has 4 nitrogen and oxygen atoms in total. The van der Waals surface area contributed by atoms with Crippen molar-refractivity contribution in [2.75, 3.05) is 0 Å². The van der Waals surface area contributed by atoms with Crippen LogP contribution >= 0.6 is 15.9 Å². The van der Waals surface area contributed by atoms with Crippen molar-refractivity contribution in [3.05, 3.63) is 63.6 Å². The largest absolute Gasteiger partial charge is 0.489 e. The second-order valence-corrected chi connectivity index (χ2v) is 5.78. The highest BCUT2D eigenvalue weighted by Gasteiger charge is 2.12. The van der Waals surface area contributed by atoms with Crippen molar-refractivity contribution in [1.29, 1.82) is 0 Å². The van der Waals surface area contributed by atoms with Gasteiger partial charge in [0, 0.05) is 10.0 Å². The normalized spacial score (nSPS) is 10.3. The number of ketones is 1. The summed E-state index contributed by atoms with van der Waals surface area (Å²) >= 11 is 3.37. The zero-order valence-corrected chi connectivity index (χ0v) is 13.6. The van der Waals surface area contributed by atoms with E-state index < -0.39 is 5.97 Å². The van der Waals surface area contributed by atoms with Gasteiger partial charge in [-0.2, -0.15) is 0 Å². The highest BCUT2D eigenvalue weighted by molar-refractivity contribution is 9.10. The number of rotatable bonds is 6. The summed E-state index contributed by atoms with van der Waals surface area (Å²) in [5.41, 5.74) is 1.88. The molecule has 2 aromatic rings.